The number of carbonyl (C=O) groups excluding carboxylic acids is 2. The van der Waals surface area contributed by atoms with E-state index in [4.69, 9.17) is 11.6 Å². The maximum absolute atomic E-state index is 13.2. The molecule has 2 fully saturated rings. The Morgan fingerprint density at radius 3 is 2.77 bits per heavy atom. The number of likely N-dealkylation sites (tertiary alicyclic amines) is 1. The van der Waals surface area contributed by atoms with Crippen molar-refractivity contribution >= 4 is 23.3 Å². The average molecular weight is 379 g/mol. The van der Waals surface area contributed by atoms with Gasteiger partial charge in [0.1, 0.15) is 5.82 Å². The summed E-state index contributed by atoms with van der Waals surface area (Å²) in [4.78, 5) is 28.8. The van der Waals surface area contributed by atoms with Crippen LogP contribution in [-0.2, 0) is 16.0 Å². The highest BCUT2D eigenvalue weighted by Gasteiger charge is 2.38. The molecule has 4 nitrogen and oxygen atoms in total. The van der Waals surface area contributed by atoms with Crippen LogP contribution in [0.1, 0.15) is 31.2 Å². The minimum Gasteiger partial charge on any atom is -0.383 e. The predicted octanol–water partition coefficient (Wildman–Crippen LogP) is 3.44. The van der Waals surface area contributed by atoms with Crippen molar-refractivity contribution in [2.24, 2.45) is 5.92 Å². The van der Waals surface area contributed by atoms with Gasteiger partial charge in [0.2, 0.25) is 5.91 Å². The van der Waals surface area contributed by atoms with Crippen molar-refractivity contribution in [1.29, 1.82) is 0 Å². The molecule has 1 aliphatic carbocycles. The molecule has 1 aromatic rings. The molecule has 0 N–H and O–H groups in total. The first-order valence-electron chi connectivity index (χ1n) is 9.00. The standard InChI is InChI=1S/C20H24ClFN2O2/c1-23(2)12-15-10-17(5-6-19(15)25)24-8-7-14(20(24)26)9-13-3-4-16(22)11-18(13)21/h3-4,11-12,14,17H,5-10H2,1-2H3/b15-12+. The molecule has 1 saturated carbocycles. The van der Waals surface area contributed by atoms with Gasteiger partial charge in [0, 0.05) is 55.8 Å². The Morgan fingerprint density at radius 2 is 2.08 bits per heavy atom. The van der Waals surface area contributed by atoms with Crippen LogP contribution < -0.4 is 0 Å². The topological polar surface area (TPSA) is 40.6 Å². The third kappa shape index (κ3) is 4.09. The molecule has 1 heterocycles. The number of nitrogens with zero attached hydrogens (tertiary/aromatic N) is 2. The highest BCUT2D eigenvalue weighted by molar-refractivity contribution is 6.31. The quantitative estimate of drug-likeness (QED) is 0.753. The van der Waals surface area contributed by atoms with E-state index in [-0.39, 0.29) is 29.5 Å². The second-order valence-electron chi connectivity index (χ2n) is 7.39. The van der Waals surface area contributed by atoms with Gasteiger partial charge >= 0.3 is 0 Å². The molecule has 6 heteroatoms. The van der Waals surface area contributed by atoms with Crippen LogP contribution in [0.5, 0.6) is 0 Å². The summed E-state index contributed by atoms with van der Waals surface area (Å²) in [6.07, 6.45) is 4.99. The molecule has 3 rings (SSSR count). The van der Waals surface area contributed by atoms with Crippen molar-refractivity contribution in [3.05, 3.63) is 46.4 Å². The van der Waals surface area contributed by atoms with Gasteiger partial charge in [-0.1, -0.05) is 17.7 Å². The lowest BCUT2D eigenvalue weighted by Crippen LogP contribution is -2.41. The van der Waals surface area contributed by atoms with Crippen molar-refractivity contribution in [2.75, 3.05) is 20.6 Å². The average Bonchev–Trinajstić information content (AvgIpc) is 2.93. The zero-order valence-corrected chi connectivity index (χ0v) is 15.9. The van der Waals surface area contributed by atoms with E-state index in [2.05, 4.69) is 0 Å². The maximum Gasteiger partial charge on any atom is 0.226 e. The number of hydrogen-bond donors (Lipinski definition) is 0. The molecule has 1 saturated heterocycles. The minimum absolute atomic E-state index is 0.0834. The van der Waals surface area contributed by atoms with E-state index in [0.29, 0.717) is 30.8 Å². The Morgan fingerprint density at radius 1 is 1.31 bits per heavy atom. The third-order valence-corrected chi connectivity index (χ3v) is 5.56. The summed E-state index contributed by atoms with van der Waals surface area (Å²) in [5.41, 5.74) is 1.60. The van der Waals surface area contributed by atoms with Crippen LogP contribution in [0.3, 0.4) is 0 Å². The van der Waals surface area contributed by atoms with Gasteiger partial charge in [0.15, 0.2) is 5.78 Å². The highest BCUT2D eigenvalue weighted by Crippen LogP contribution is 2.32. The van der Waals surface area contributed by atoms with Crippen molar-refractivity contribution in [3.8, 4) is 0 Å². The van der Waals surface area contributed by atoms with Crippen LogP contribution in [0.2, 0.25) is 5.02 Å². The number of Topliss-reactive ketones (excluding diaryl/α,β-unsaturated/α-hetero) is 1. The molecule has 26 heavy (non-hydrogen) atoms. The lowest BCUT2D eigenvalue weighted by Gasteiger charge is -2.32. The molecule has 0 spiro atoms. The summed E-state index contributed by atoms with van der Waals surface area (Å²) < 4.78 is 13.2. The van der Waals surface area contributed by atoms with Crippen molar-refractivity contribution in [3.63, 3.8) is 0 Å². The molecule has 0 aromatic heterocycles. The summed E-state index contributed by atoms with van der Waals surface area (Å²) in [5, 5.41) is 0.371. The molecule has 1 aliphatic heterocycles. The van der Waals surface area contributed by atoms with Gasteiger partial charge in [-0.3, -0.25) is 9.59 Å². The SMILES string of the molecule is CN(C)/C=C1\CC(N2CCC(Cc3ccc(F)cc3Cl)C2=O)CCC1=O. The Hall–Kier alpha value is -1.88. The fourth-order valence-corrected chi connectivity index (χ4v) is 4.14. The molecule has 0 bridgehead atoms. The summed E-state index contributed by atoms with van der Waals surface area (Å²) in [7, 11) is 3.79. The number of rotatable bonds is 4. The van der Waals surface area contributed by atoms with E-state index in [1.807, 2.05) is 30.1 Å². The first kappa shape index (κ1) is 18.9. The van der Waals surface area contributed by atoms with Gasteiger partial charge in [0.05, 0.1) is 0 Å². The number of ketones is 1. The van der Waals surface area contributed by atoms with E-state index < -0.39 is 0 Å². The van der Waals surface area contributed by atoms with Crippen molar-refractivity contribution in [2.45, 2.75) is 38.1 Å². The Bertz CT molecular complexity index is 747. The monoisotopic (exact) mass is 378 g/mol. The zero-order valence-electron chi connectivity index (χ0n) is 15.2. The Labute approximate surface area is 158 Å². The molecular weight excluding hydrogens is 355 g/mol. The summed E-state index contributed by atoms with van der Waals surface area (Å²) >= 11 is 6.11. The molecule has 2 unspecified atom stereocenters. The second kappa shape index (κ2) is 7.78. The van der Waals surface area contributed by atoms with Gasteiger partial charge in [0.25, 0.3) is 0 Å². The maximum atomic E-state index is 13.2. The van der Waals surface area contributed by atoms with Crippen LogP contribution in [-0.4, -0.2) is 48.2 Å². The van der Waals surface area contributed by atoms with Gasteiger partial charge in [-0.05, 0) is 43.4 Å². The fourth-order valence-electron chi connectivity index (χ4n) is 3.90. The Kier molecular flexibility index (Phi) is 5.66. The molecule has 1 amide bonds. The van der Waals surface area contributed by atoms with Crippen LogP contribution in [0.4, 0.5) is 4.39 Å². The lowest BCUT2D eigenvalue weighted by molar-refractivity contribution is -0.134. The van der Waals surface area contributed by atoms with E-state index in [0.717, 1.165) is 24.0 Å². The lowest BCUT2D eigenvalue weighted by atomic mass is 9.89. The van der Waals surface area contributed by atoms with Gasteiger partial charge in [-0.25, -0.2) is 4.39 Å². The molecule has 140 valence electrons. The summed E-state index contributed by atoms with van der Waals surface area (Å²) in [6.45, 7) is 0.705. The van der Waals surface area contributed by atoms with E-state index >= 15 is 0 Å². The summed E-state index contributed by atoms with van der Waals surface area (Å²) in [5.74, 6) is -0.202. The fraction of sp³-hybridized carbons (Fsp3) is 0.500. The molecule has 2 atom stereocenters. The minimum atomic E-state index is -0.370. The summed E-state index contributed by atoms with van der Waals surface area (Å²) in [6, 6.07) is 4.41. The Balaban J connectivity index is 1.68. The largest absolute Gasteiger partial charge is 0.383 e. The highest BCUT2D eigenvalue weighted by atomic mass is 35.5. The number of carbonyl (C=O) groups is 2. The molecule has 2 aliphatic rings. The van der Waals surface area contributed by atoms with Crippen molar-refractivity contribution in [1.82, 2.24) is 9.80 Å². The second-order valence-corrected chi connectivity index (χ2v) is 7.80. The first-order chi connectivity index (χ1) is 12.3. The van der Waals surface area contributed by atoms with Crippen LogP contribution in [0, 0.1) is 11.7 Å². The molecule has 0 radical (unpaired) electrons. The smallest absolute Gasteiger partial charge is 0.226 e. The van der Waals surface area contributed by atoms with Crippen LogP contribution in [0.25, 0.3) is 0 Å². The number of amides is 1. The van der Waals surface area contributed by atoms with Gasteiger partial charge in [-0.2, -0.15) is 0 Å². The van der Waals surface area contributed by atoms with Crippen LogP contribution in [0.15, 0.2) is 30.0 Å². The number of halogens is 2. The molecular formula is C20H24ClFN2O2. The number of benzene rings is 1. The zero-order chi connectivity index (χ0) is 18.8. The molecule has 1 aromatic carbocycles. The van der Waals surface area contributed by atoms with Gasteiger partial charge in [-0.15, -0.1) is 0 Å². The van der Waals surface area contributed by atoms with Crippen LogP contribution >= 0.6 is 11.6 Å². The van der Waals surface area contributed by atoms with E-state index in [9.17, 15) is 14.0 Å². The first-order valence-corrected chi connectivity index (χ1v) is 9.37. The number of hydrogen-bond acceptors (Lipinski definition) is 3. The van der Waals surface area contributed by atoms with E-state index in [1.165, 1.54) is 12.1 Å². The third-order valence-electron chi connectivity index (χ3n) is 5.21. The van der Waals surface area contributed by atoms with E-state index in [1.54, 1.807) is 6.07 Å². The van der Waals surface area contributed by atoms with Gasteiger partial charge < -0.3 is 9.80 Å². The predicted molar refractivity (Wildman–Crippen MR) is 99.4 cm³/mol. The van der Waals surface area contributed by atoms with Crippen molar-refractivity contribution < 1.29 is 14.0 Å². The normalized spacial score (nSPS) is 25.2.